The Morgan fingerprint density at radius 2 is 1.91 bits per heavy atom. The molecule has 3 heterocycles. The van der Waals surface area contributed by atoms with E-state index in [1.165, 1.54) is 0 Å². The predicted octanol–water partition coefficient (Wildman–Crippen LogP) is 3.21. The highest BCUT2D eigenvalue weighted by atomic mass is 16.5. The summed E-state index contributed by atoms with van der Waals surface area (Å²) in [5, 5.41) is 3.90. The molecule has 1 aromatic carbocycles. The van der Waals surface area contributed by atoms with E-state index in [4.69, 9.17) is 4.74 Å². The molecule has 2 N–H and O–H groups in total. The number of carbonyl (C=O) groups is 1. The molecule has 1 amide bonds. The van der Waals surface area contributed by atoms with Gasteiger partial charge in [-0.05, 0) is 44.0 Å². The molecule has 0 fully saturated rings. The van der Waals surface area contributed by atoms with Gasteiger partial charge in [-0.25, -0.2) is 4.98 Å². The number of fused-ring (bicyclic) bond motifs is 1. The van der Waals surface area contributed by atoms with Crippen molar-refractivity contribution in [2.75, 3.05) is 13.2 Å². The number of rotatable bonds is 9. The number of aromatic nitrogens is 4. The van der Waals surface area contributed by atoms with Crippen LogP contribution in [0.15, 0.2) is 65.8 Å². The molecule has 33 heavy (non-hydrogen) atoms. The monoisotopic (exact) mass is 443 g/mol. The molecule has 0 radical (unpaired) electrons. The summed E-state index contributed by atoms with van der Waals surface area (Å²) in [4.78, 5) is 40.4. The molecule has 8 heteroatoms. The van der Waals surface area contributed by atoms with Crippen LogP contribution in [0.4, 0.5) is 0 Å². The Hall–Kier alpha value is -4.07. The Kier molecular flexibility index (Phi) is 7.04. The zero-order chi connectivity index (χ0) is 23.0. The minimum Gasteiger partial charge on any atom is -0.491 e. The van der Waals surface area contributed by atoms with Gasteiger partial charge in [-0.2, -0.15) is 0 Å². The topological polar surface area (TPSA) is 110 Å². The third-order valence-electron chi connectivity index (χ3n) is 5.27. The smallest absolute Gasteiger partial charge is 0.254 e. The van der Waals surface area contributed by atoms with Crippen molar-refractivity contribution < 1.29 is 9.53 Å². The molecule has 0 aliphatic rings. The highest BCUT2D eigenvalue weighted by molar-refractivity contribution is 5.84. The number of para-hydroxylation sites is 1. The minimum absolute atomic E-state index is 0.112. The van der Waals surface area contributed by atoms with Crippen molar-refractivity contribution in [1.82, 2.24) is 25.3 Å². The fraction of sp³-hybridized carbons (Fsp3) is 0.240. The molecule has 0 aliphatic heterocycles. The van der Waals surface area contributed by atoms with E-state index in [9.17, 15) is 9.59 Å². The Labute approximate surface area is 191 Å². The molecule has 0 bridgehead atoms. The summed E-state index contributed by atoms with van der Waals surface area (Å²) >= 11 is 0. The predicted molar refractivity (Wildman–Crippen MR) is 126 cm³/mol. The zero-order valence-electron chi connectivity index (χ0n) is 18.4. The molecule has 168 valence electrons. The summed E-state index contributed by atoms with van der Waals surface area (Å²) in [5.74, 6) is 1.12. The minimum atomic E-state index is -0.223. The van der Waals surface area contributed by atoms with Gasteiger partial charge < -0.3 is 15.0 Å². The summed E-state index contributed by atoms with van der Waals surface area (Å²) in [6.07, 6.45) is 6.24. The number of nitrogens with one attached hydrogen (secondary N) is 2. The maximum Gasteiger partial charge on any atom is 0.254 e. The molecule has 0 saturated heterocycles. The van der Waals surface area contributed by atoms with Gasteiger partial charge in [-0.15, -0.1) is 0 Å². The van der Waals surface area contributed by atoms with Crippen LogP contribution < -0.4 is 15.6 Å². The second kappa shape index (κ2) is 10.5. The standard InChI is InChI=1S/C25H25N5O3/c1-17-20(25(32)30-24(29-17)19-10-14-26-15-11-19)8-9-22(31)27-13-4-16-33-21-7-2-5-18-6-3-12-28-23(18)21/h2-3,5-7,10-12,14-15H,4,8-9,13,16H2,1H3,(H,27,31)(H,29,30,32). The third kappa shape index (κ3) is 5.60. The van der Waals surface area contributed by atoms with E-state index in [0.29, 0.717) is 43.1 Å². The number of pyridine rings is 2. The van der Waals surface area contributed by atoms with Crippen molar-refractivity contribution in [1.29, 1.82) is 0 Å². The molecule has 0 unspecified atom stereocenters. The number of nitrogens with zero attached hydrogens (tertiary/aromatic N) is 3. The Bertz CT molecular complexity index is 1300. The van der Waals surface area contributed by atoms with Crippen LogP contribution in [0, 0.1) is 6.92 Å². The maximum atomic E-state index is 12.5. The van der Waals surface area contributed by atoms with Crippen molar-refractivity contribution in [3.63, 3.8) is 0 Å². The average molecular weight is 444 g/mol. The lowest BCUT2D eigenvalue weighted by Crippen LogP contribution is -2.27. The number of H-pyrrole nitrogens is 1. The normalized spacial score (nSPS) is 10.8. The number of benzene rings is 1. The molecule has 0 spiro atoms. The highest BCUT2D eigenvalue weighted by Crippen LogP contribution is 2.22. The highest BCUT2D eigenvalue weighted by Gasteiger charge is 2.11. The fourth-order valence-corrected chi connectivity index (χ4v) is 3.55. The average Bonchev–Trinajstić information content (AvgIpc) is 2.84. The molecule has 0 atom stereocenters. The molecule has 3 aromatic heterocycles. The molecule has 4 aromatic rings. The second-order valence-electron chi connectivity index (χ2n) is 7.60. The number of aryl methyl sites for hydroxylation is 1. The lowest BCUT2D eigenvalue weighted by Gasteiger charge is -2.10. The molecule has 8 nitrogen and oxygen atoms in total. The molecule has 4 rings (SSSR count). The largest absolute Gasteiger partial charge is 0.491 e. The Morgan fingerprint density at radius 3 is 2.73 bits per heavy atom. The van der Waals surface area contributed by atoms with Crippen LogP contribution in [0.2, 0.25) is 0 Å². The quantitative estimate of drug-likeness (QED) is 0.385. The van der Waals surface area contributed by atoms with Crippen LogP contribution in [-0.4, -0.2) is 39.0 Å². The van der Waals surface area contributed by atoms with Crippen LogP contribution in [0.5, 0.6) is 5.75 Å². The van der Waals surface area contributed by atoms with Gasteiger partial charge in [-0.3, -0.25) is 19.6 Å². The maximum absolute atomic E-state index is 12.5. The van der Waals surface area contributed by atoms with Gasteiger partial charge in [0.25, 0.3) is 5.56 Å². The van der Waals surface area contributed by atoms with Crippen LogP contribution in [0.25, 0.3) is 22.3 Å². The van der Waals surface area contributed by atoms with Gasteiger partial charge in [0.2, 0.25) is 5.91 Å². The van der Waals surface area contributed by atoms with Crippen molar-refractivity contribution >= 4 is 16.8 Å². The first-order chi connectivity index (χ1) is 16.1. The zero-order valence-corrected chi connectivity index (χ0v) is 18.4. The molecular formula is C25H25N5O3. The van der Waals surface area contributed by atoms with Gasteiger partial charge >= 0.3 is 0 Å². The van der Waals surface area contributed by atoms with Gasteiger partial charge in [0, 0.05) is 53.8 Å². The molecule has 0 saturated carbocycles. The van der Waals surface area contributed by atoms with E-state index in [0.717, 1.165) is 22.2 Å². The van der Waals surface area contributed by atoms with Crippen molar-refractivity contribution in [3.8, 4) is 17.1 Å². The van der Waals surface area contributed by atoms with E-state index >= 15 is 0 Å². The molecular weight excluding hydrogens is 418 g/mol. The summed E-state index contributed by atoms with van der Waals surface area (Å²) in [6, 6.07) is 13.3. The van der Waals surface area contributed by atoms with E-state index in [1.54, 1.807) is 37.6 Å². The Balaban J connectivity index is 1.23. The number of ether oxygens (including phenoxy) is 1. The molecule has 0 aliphatic carbocycles. The number of aromatic amines is 1. The van der Waals surface area contributed by atoms with E-state index < -0.39 is 0 Å². The first kappa shape index (κ1) is 22.1. The van der Waals surface area contributed by atoms with Gasteiger partial charge in [0.15, 0.2) is 0 Å². The number of carbonyl (C=O) groups excluding carboxylic acids is 1. The summed E-state index contributed by atoms with van der Waals surface area (Å²) in [7, 11) is 0. The Morgan fingerprint density at radius 1 is 1.09 bits per heavy atom. The SMILES string of the molecule is Cc1nc(-c2ccncc2)[nH]c(=O)c1CCC(=O)NCCCOc1cccc2cccnc12. The van der Waals surface area contributed by atoms with Crippen molar-refractivity contribution in [2.24, 2.45) is 0 Å². The van der Waals surface area contributed by atoms with Gasteiger partial charge in [0.05, 0.1) is 6.61 Å². The summed E-state index contributed by atoms with van der Waals surface area (Å²) < 4.78 is 5.84. The van der Waals surface area contributed by atoms with Gasteiger partial charge in [-0.1, -0.05) is 18.2 Å². The van der Waals surface area contributed by atoms with Crippen LogP contribution in [0.1, 0.15) is 24.1 Å². The number of hydrogen-bond acceptors (Lipinski definition) is 6. The van der Waals surface area contributed by atoms with Crippen molar-refractivity contribution in [3.05, 3.63) is 82.7 Å². The van der Waals surface area contributed by atoms with Crippen LogP contribution in [-0.2, 0) is 11.2 Å². The first-order valence-corrected chi connectivity index (χ1v) is 10.9. The van der Waals surface area contributed by atoms with Crippen LogP contribution in [0.3, 0.4) is 0 Å². The number of amides is 1. The fourth-order valence-electron chi connectivity index (χ4n) is 3.55. The van der Waals surface area contributed by atoms with E-state index in [1.807, 2.05) is 30.3 Å². The van der Waals surface area contributed by atoms with E-state index in [-0.39, 0.29) is 17.9 Å². The third-order valence-corrected chi connectivity index (χ3v) is 5.27. The summed E-state index contributed by atoms with van der Waals surface area (Å²) in [5.41, 5.74) is 2.54. The first-order valence-electron chi connectivity index (χ1n) is 10.9. The number of hydrogen-bond donors (Lipinski definition) is 2. The van der Waals surface area contributed by atoms with Crippen LogP contribution >= 0.6 is 0 Å². The lowest BCUT2D eigenvalue weighted by molar-refractivity contribution is -0.121. The second-order valence-corrected chi connectivity index (χ2v) is 7.60. The van der Waals surface area contributed by atoms with Gasteiger partial charge in [0.1, 0.15) is 17.1 Å². The van der Waals surface area contributed by atoms with E-state index in [2.05, 4.69) is 25.3 Å². The van der Waals surface area contributed by atoms with Crippen molar-refractivity contribution in [2.45, 2.75) is 26.2 Å². The lowest BCUT2D eigenvalue weighted by atomic mass is 10.1. The summed E-state index contributed by atoms with van der Waals surface area (Å²) in [6.45, 7) is 2.74.